The molecule has 4 atom stereocenters. The van der Waals surface area contributed by atoms with Crippen molar-refractivity contribution < 1.29 is 0 Å². The Morgan fingerprint density at radius 2 is 1.73 bits per heavy atom. The quantitative estimate of drug-likeness (QED) is 0.782. The lowest BCUT2D eigenvalue weighted by atomic mass is 9.80. The van der Waals surface area contributed by atoms with Crippen molar-refractivity contribution in [3.63, 3.8) is 0 Å². The van der Waals surface area contributed by atoms with Crippen molar-refractivity contribution in [3.05, 3.63) is 0 Å². The summed E-state index contributed by atoms with van der Waals surface area (Å²) in [6.45, 7) is 4.76. The van der Waals surface area contributed by atoms with Crippen LogP contribution < -0.4 is 5.73 Å². The maximum Gasteiger partial charge on any atom is 0.0227 e. The number of hydrogen-bond donors (Lipinski definition) is 1. The second kappa shape index (κ2) is 5.09. The topological polar surface area (TPSA) is 26.0 Å². The van der Waals surface area contributed by atoms with Gasteiger partial charge in [-0.05, 0) is 37.5 Å². The lowest BCUT2D eigenvalue weighted by Crippen LogP contribution is -2.43. The molecule has 0 aliphatic heterocycles. The number of hydrogen-bond acceptors (Lipinski definition) is 2. The fourth-order valence-electron chi connectivity index (χ4n) is 3.37. The Bertz CT molecular complexity index is 189. The van der Waals surface area contributed by atoms with E-state index in [1.807, 2.05) is 0 Å². The van der Waals surface area contributed by atoms with Gasteiger partial charge in [0.2, 0.25) is 0 Å². The normalized spacial score (nSPS) is 43.4. The van der Waals surface area contributed by atoms with Crippen LogP contribution in [0.3, 0.4) is 0 Å². The van der Waals surface area contributed by atoms with E-state index in [1.165, 1.54) is 38.5 Å². The summed E-state index contributed by atoms with van der Waals surface area (Å²) in [5, 5.41) is 1.67. The summed E-state index contributed by atoms with van der Waals surface area (Å²) in [7, 11) is 0. The molecule has 2 fully saturated rings. The highest BCUT2D eigenvalue weighted by Crippen LogP contribution is 2.41. The summed E-state index contributed by atoms with van der Waals surface area (Å²) in [6.07, 6.45) is 8.41. The molecule has 15 heavy (non-hydrogen) atoms. The molecule has 0 bridgehead atoms. The Morgan fingerprint density at radius 1 is 1.07 bits per heavy atom. The Morgan fingerprint density at radius 3 is 2.33 bits per heavy atom. The predicted molar refractivity (Wildman–Crippen MR) is 69.2 cm³/mol. The van der Waals surface area contributed by atoms with Crippen LogP contribution in [0.4, 0.5) is 0 Å². The van der Waals surface area contributed by atoms with Crippen LogP contribution >= 0.6 is 11.8 Å². The van der Waals surface area contributed by atoms with Crippen LogP contribution in [-0.4, -0.2) is 16.5 Å². The average molecular weight is 227 g/mol. The summed E-state index contributed by atoms with van der Waals surface area (Å²) in [5.74, 6) is 1.67. The van der Waals surface area contributed by atoms with E-state index >= 15 is 0 Å². The second-order valence-electron chi connectivity index (χ2n) is 5.72. The second-order valence-corrected chi connectivity index (χ2v) is 7.21. The van der Waals surface area contributed by atoms with Crippen LogP contribution in [0.2, 0.25) is 0 Å². The van der Waals surface area contributed by atoms with Crippen LogP contribution in [0, 0.1) is 11.8 Å². The fourth-order valence-corrected chi connectivity index (χ4v) is 5.11. The minimum Gasteiger partial charge on any atom is -0.327 e. The van der Waals surface area contributed by atoms with E-state index in [2.05, 4.69) is 25.6 Å². The molecule has 2 aliphatic rings. The van der Waals surface area contributed by atoms with Gasteiger partial charge in [0.25, 0.3) is 0 Å². The van der Waals surface area contributed by atoms with E-state index in [1.54, 1.807) is 0 Å². The van der Waals surface area contributed by atoms with Crippen LogP contribution in [-0.2, 0) is 0 Å². The molecule has 0 spiro atoms. The van der Waals surface area contributed by atoms with Gasteiger partial charge in [0.05, 0.1) is 0 Å². The average Bonchev–Trinajstić information content (AvgIpc) is 2.63. The highest BCUT2D eigenvalue weighted by atomic mass is 32.2. The third-order valence-electron chi connectivity index (χ3n) is 4.08. The van der Waals surface area contributed by atoms with Gasteiger partial charge in [-0.3, -0.25) is 0 Å². The van der Waals surface area contributed by atoms with Crippen LogP contribution in [0.15, 0.2) is 0 Å². The Hall–Kier alpha value is 0.310. The number of nitrogens with two attached hydrogens (primary N) is 1. The molecular weight excluding hydrogens is 202 g/mol. The summed E-state index contributed by atoms with van der Waals surface area (Å²) in [5.41, 5.74) is 6.32. The first-order valence-electron chi connectivity index (χ1n) is 6.58. The van der Waals surface area contributed by atoms with E-state index in [4.69, 9.17) is 5.73 Å². The van der Waals surface area contributed by atoms with Crippen molar-refractivity contribution in [2.45, 2.75) is 68.9 Å². The molecule has 88 valence electrons. The van der Waals surface area contributed by atoms with E-state index < -0.39 is 0 Å². The Balaban J connectivity index is 1.88. The van der Waals surface area contributed by atoms with Crippen molar-refractivity contribution in [2.24, 2.45) is 17.6 Å². The fraction of sp³-hybridized carbons (Fsp3) is 1.00. The van der Waals surface area contributed by atoms with Crippen molar-refractivity contribution in [1.82, 2.24) is 0 Å². The molecule has 2 N–H and O–H groups in total. The molecule has 0 amide bonds. The standard InChI is InChI=1S/C13H25NS/c1-9-7-10(2)13(12(14)8-9)15-11-5-3-4-6-11/h9-13H,3-8,14H2,1-2H3. The van der Waals surface area contributed by atoms with Gasteiger partial charge in [0.15, 0.2) is 0 Å². The monoisotopic (exact) mass is 227 g/mol. The first-order chi connectivity index (χ1) is 7.16. The molecule has 2 rings (SSSR count). The van der Waals surface area contributed by atoms with Gasteiger partial charge < -0.3 is 5.73 Å². The molecule has 2 saturated carbocycles. The van der Waals surface area contributed by atoms with Crippen LogP contribution in [0.25, 0.3) is 0 Å². The van der Waals surface area contributed by atoms with Crippen molar-refractivity contribution >= 4 is 11.8 Å². The molecule has 0 heterocycles. The third-order valence-corrected chi connectivity index (χ3v) is 6.07. The van der Waals surface area contributed by atoms with Gasteiger partial charge >= 0.3 is 0 Å². The minimum absolute atomic E-state index is 0.453. The smallest absolute Gasteiger partial charge is 0.0227 e. The lowest BCUT2D eigenvalue weighted by Gasteiger charge is -2.38. The molecule has 0 radical (unpaired) electrons. The highest BCUT2D eigenvalue weighted by molar-refractivity contribution is 8.00. The predicted octanol–water partition coefficient (Wildman–Crippen LogP) is 3.42. The molecule has 1 nitrogen and oxygen atoms in total. The Kier molecular flexibility index (Phi) is 4.00. The van der Waals surface area contributed by atoms with Crippen molar-refractivity contribution in [1.29, 1.82) is 0 Å². The SMILES string of the molecule is CC1CC(C)C(SC2CCCC2)C(N)C1. The summed E-state index contributed by atoms with van der Waals surface area (Å²) in [6, 6.07) is 0.453. The number of rotatable bonds is 2. The molecule has 0 aromatic rings. The van der Waals surface area contributed by atoms with Crippen molar-refractivity contribution in [3.8, 4) is 0 Å². The van der Waals surface area contributed by atoms with E-state index in [0.29, 0.717) is 6.04 Å². The first kappa shape index (κ1) is 11.8. The van der Waals surface area contributed by atoms with Gasteiger partial charge in [-0.2, -0.15) is 11.8 Å². The van der Waals surface area contributed by atoms with E-state index in [0.717, 1.165) is 22.3 Å². The highest BCUT2D eigenvalue weighted by Gasteiger charge is 2.34. The molecule has 4 unspecified atom stereocenters. The zero-order valence-corrected chi connectivity index (χ0v) is 10.9. The summed E-state index contributed by atoms with van der Waals surface area (Å²) < 4.78 is 0. The summed E-state index contributed by atoms with van der Waals surface area (Å²) in [4.78, 5) is 0. The van der Waals surface area contributed by atoms with Gasteiger partial charge in [-0.1, -0.05) is 26.7 Å². The minimum atomic E-state index is 0.453. The molecule has 0 saturated heterocycles. The molecule has 2 heteroatoms. The maximum absolute atomic E-state index is 6.32. The largest absolute Gasteiger partial charge is 0.327 e. The molecular formula is C13H25NS. The van der Waals surface area contributed by atoms with Crippen LogP contribution in [0.1, 0.15) is 52.4 Å². The first-order valence-corrected chi connectivity index (χ1v) is 7.52. The van der Waals surface area contributed by atoms with Gasteiger partial charge in [0, 0.05) is 16.5 Å². The van der Waals surface area contributed by atoms with Gasteiger partial charge in [0.1, 0.15) is 0 Å². The zero-order chi connectivity index (χ0) is 10.8. The van der Waals surface area contributed by atoms with Crippen molar-refractivity contribution in [2.75, 3.05) is 0 Å². The Labute approximate surface area is 98.6 Å². The van der Waals surface area contributed by atoms with Gasteiger partial charge in [-0.25, -0.2) is 0 Å². The third kappa shape index (κ3) is 2.91. The number of thioether (sulfide) groups is 1. The van der Waals surface area contributed by atoms with Crippen LogP contribution in [0.5, 0.6) is 0 Å². The summed E-state index contributed by atoms with van der Waals surface area (Å²) >= 11 is 2.22. The van der Waals surface area contributed by atoms with E-state index in [-0.39, 0.29) is 0 Å². The maximum atomic E-state index is 6.32. The molecule has 2 aliphatic carbocycles. The zero-order valence-electron chi connectivity index (χ0n) is 10.1. The molecule has 0 aromatic heterocycles. The van der Waals surface area contributed by atoms with E-state index in [9.17, 15) is 0 Å². The molecule has 0 aromatic carbocycles. The van der Waals surface area contributed by atoms with Gasteiger partial charge in [-0.15, -0.1) is 0 Å². The lowest BCUT2D eigenvalue weighted by molar-refractivity contribution is 0.279.